The molecule has 1 rings (SSSR count). The molecule has 1 N–H and O–H groups in total. The van der Waals surface area contributed by atoms with Gasteiger partial charge in [0.15, 0.2) is 17.5 Å². The lowest BCUT2D eigenvalue weighted by Gasteiger charge is -2.03. The average Bonchev–Trinajstić information content (AvgIpc) is 2.13. The molecule has 1 aromatic rings. The lowest BCUT2D eigenvalue weighted by atomic mass is 10.3. The van der Waals surface area contributed by atoms with Gasteiger partial charge < -0.3 is 5.32 Å². The van der Waals surface area contributed by atoms with E-state index in [1.807, 2.05) is 0 Å². The van der Waals surface area contributed by atoms with E-state index in [2.05, 4.69) is 5.32 Å². The van der Waals surface area contributed by atoms with Gasteiger partial charge in [-0.25, -0.2) is 13.2 Å². The molecule has 2 nitrogen and oxygen atoms in total. The molecule has 0 radical (unpaired) electrons. The van der Waals surface area contributed by atoms with E-state index < -0.39 is 17.5 Å². The number of nitrogens with zero attached hydrogens (tertiary/aromatic N) is 1. The largest absolute Gasteiger partial charge is 0.370 e. The normalized spacial score (nSPS) is 9.38. The van der Waals surface area contributed by atoms with E-state index in [4.69, 9.17) is 5.26 Å². The summed E-state index contributed by atoms with van der Waals surface area (Å²) in [5.74, 6) is -4.10. The summed E-state index contributed by atoms with van der Waals surface area (Å²) in [5, 5.41) is 10.4. The Morgan fingerprint density at radius 1 is 1.23 bits per heavy atom. The number of rotatable bonds is 2. The van der Waals surface area contributed by atoms with Crippen molar-refractivity contribution in [3.8, 4) is 6.07 Å². The summed E-state index contributed by atoms with van der Waals surface area (Å²) < 4.78 is 37.7. The van der Waals surface area contributed by atoms with E-state index >= 15 is 0 Å². The van der Waals surface area contributed by atoms with E-state index in [1.54, 1.807) is 6.07 Å². The summed E-state index contributed by atoms with van der Waals surface area (Å²) in [4.78, 5) is 0. The minimum absolute atomic E-state index is 0.165. The third-order valence-corrected chi connectivity index (χ3v) is 1.39. The zero-order valence-electron chi connectivity index (χ0n) is 6.44. The van der Waals surface area contributed by atoms with Crippen molar-refractivity contribution >= 4 is 5.69 Å². The standard InChI is InChI=1S/C8H5F3N2/c9-5-1-2-6(13-4-3-12)8(11)7(5)10/h1-2,13H,4H2. The second-order valence-electron chi connectivity index (χ2n) is 2.23. The monoisotopic (exact) mass is 186 g/mol. The van der Waals surface area contributed by atoms with E-state index in [-0.39, 0.29) is 12.2 Å². The van der Waals surface area contributed by atoms with Crippen molar-refractivity contribution in [2.75, 3.05) is 11.9 Å². The predicted octanol–water partition coefficient (Wildman–Crippen LogP) is 2.04. The van der Waals surface area contributed by atoms with E-state index in [0.29, 0.717) is 0 Å². The number of benzene rings is 1. The molecule has 0 bridgehead atoms. The maximum atomic E-state index is 12.8. The van der Waals surface area contributed by atoms with Crippen LogP contribution in [0.3, 0.4) is 0 Å². The minimum Gasteiger partial charge on any atom is -0.370 e. The first-order chi connectivity index (χ1) is 6.16. The molecule has 0 heterocycles. The minimum atomic E-state index is -1.54. The second kappa shape index (κ2) is 3.81. The summed E-state index contributed by atoms with van der Waals surface area (Å²) >= 11 is 0. The lowest BCUT2D eigenvalue weighted by Crippen LogP contribution is -2.03. The zero-order chi connectivity index (χ0) is 9.84. The molecule has 0 spiro atoms. The van der Waals surface area contributed by atoms with Gasteiger partial charge in [-0.3, -0.25) is 0 Å². The van der Waals surface area contributed by atoms with Gasteiger partial charge in [0.25, 0.3) is 0 Å². The van der Waals surface area contributed by atoms with E-state index in [9.17, 15) is 13.2 Å². The zero-order valence-corrected chi connectivity index (χ0v) is 6.44. The summed E-state index contributed by atoms with van der Waals surface area (Å²) in [6, 6.07) is 3.51. The van der Waals surface area contributed by atoms with Crippen LogP contribution >= 0.6 is 0 Å². The van der Waals surface area contributed by atoms with Crippen molar-refractivity contribution in [3.63, 3.8) is 0 Å². The van der Waals surface area contributed by atoms with Crippen LogP contribution in [0, 0.1) is 28.8 Å². The Hall–Kier alpha value is -1.70. The molecule has 0 atom stereocenters. The molecule has 0 amide bonds. The number of nitrogens with one attached hydrogen (secondary N) is 1. The molecule has 0 saturated heterocycles. The quantitative estimate of drug-likeness (QED) is 0.566. The highest BCUT2D eigenvalue weighted by Gasteiger charge is 2.12. The Morgan fingerprint density at radius 3 is 2.54 bits per heavy atom. The average molecular weight is 186 g/mol. The predicted molar refractivity (Wildman–Crippen MR) is 40.4 cm³/mol. The third kappa shape index (κ3) is 1.90. The molecule has 0 saturated carbocycles. The highest BCUT2D eigenvalue weighted by Crippen LogP contribution is 2.18. The maximum absolute atomic E-state index is 12.8. The molecule has 0 aliphatic rings. The van der Waals surface area contributed by atoms with Crippen molar-refractivity contribution in [1.82, 2.24) is 0 Å². The molecule has 0 aliphatic carbocycles. The fourth-order valence-corrected chi connectivity index (χ4v) is 0.797. The molecule has 0 unspecified atom stereocenters. The van der Waals surface area contributed by atoms with Gasteiger partial charge in [-0.2, -0.15) is 5.26 Å². The number of hydrogen-bond acceptors (Lipinski definition) is 2. The summed E-state index contributed by atoms with van der Waals surface area (Å²) in [6.07, 6.45) is 0. The first kappa shape index (κ1) is 9.39. The Labute approximate surface area is 72.6 Å². The molecule has 13 heavy (non-hydrogen) atoms. The van der Waals surface area contributed by atoms with Crippen LogP contribution in [0.15, 0.2) is 12.1 Å². The second-order valence-corrected chi connectivity index (χ2v) is 2.23. The van der Waals surface area contributed by atoms with Gasteiger partial charge in [0.2, 0.25) is 0 Å². The SMILES string of the molecule is N#CCNc1ccc(F)c(F)c1F. The van der Waals surface area contributed by atoms with Gasteiger partial charge in [0.1, 0.15) is 6.54 Å². The van der Waals surface area contributed by atoms with Gasteiger partial charge in [0.05, 0.1) is 11.8 Å². The fourth-order valence-electron chi connectivity index (χ4n) is 0.797. The summed E-state index contributed by atoms with van der Waals surface area (Å²) in [5.41, 5.74) is -0.222. The first-order valence-corrected chi connectivity index (χ1v) is 3.41. The van der Waals surface area contributed by atoms with Crippen LogP contribution in [0.5, 0.6) is 0 Å². The van der Waals surface area contributed by atoms with Crippen LogP contribution in [-0.4, -0.2) is 6.54 Å². The molecular formula is C8H5F3N2. The fraction of sp³-hybridized carbons (Fsp3) is 0.125. The molecule has 1 aromatic carbocycles. The summed E-state index contributed by atoms with van der Waals surface area (Å²) in [7, 11) is 0. The third-order valence-electron chi connectivity index (χ3n) is 1.39. The molecular weight excluding hydrogens is 181 g/mol. The Bertz CT molecular complexity index is 357. The van der Waals surface area contributed by atoms with Crippen LogP contribution < -0.4 is 5.32 Å². The Morgan fingerprint density at radius 2 is 1.92 bits per heavy atom. The lowest BCUT2D eigenvalue weighted by molar-refractivity contribution is 0.449. The van der Waals surface area contributed by atoms with Crippen LogP contribution in [0.1, 0.15) is 0 Å². The van der Waals surface area contributed by atoms with Crippen molar-refractivity contribution < 1.29 is 13.2 Å². The van der Waals surface area contributed by atoms with Crippen LogP contribution in [-0.2, 0) is 0 Å². The molecule has 5 heteroatoms. The Balaban J connectivity index is 2.98. The van der Waals surface area contributed by atoms with Crippen LogP contribution in [0.4, 0.5) is 18.9 Å². The van der Waals surface area contributed by atoms with Gasteiger partial charge in [-0.05, 0) is 12.1 Å². The Kier molecular flexibility index (Phi) is 2.75. The van der Waals surface area contributed by atoms with Crippen LogP contribution in [0.25, 0.3) is 0 Å². The topological polar surface area (TPSA) is 35.8 Å². The molecule has 0 aromatic heterocycles. The number of nitriles is 1. The van der Waals surface area contributed by atoms with Crippen molar-refractivity contribution in [3.05, 3.63) is 29.6 Å². The highest BCUT2D eigenvalue weighted by molar-refractivity contribution is 5.45. The van der Waals surface area contributed by atoms with Crippen molar-refractivity contribution in [2.24, 2.45) is 0 Å². The smallest absolute Gasteiger partial charge is 0.196 e. The number of halogens is 3. The molecule has 0 aliphatic heterocycles. The van der Waals surface area contributed by atoms with Crippen LogP contribution in [0.2, 0.25) is 0 Å². The maximum Gasteiger partial charge on any atom is 0.196 e. The van der Waals surface area contributed by atoms with Gasteiger partial charge in [-0.15, -0.1) is 0 Å². The highest BCUT2D eigenvalue weighted by atomic mass is 19.2. The van der Waals surface area contributed by atoms with Crippen molar-refractivity contribution in [2.45, 2.75) is 0 Å². The molecule has 0 fully saturated rings. The van der Waals surface area contributed by atoms with Gasteiger partial charge in [0, 0.05) is 0 Å². The van der Waals surface area contributed by atoms with E-state index in [1.165, 1.54) is 0 Å². The first-order valence-electron chi connectivity index (χ1n) is 3.41. The number of hydrogen-bond donors (Lipinski definition) is 1. The summed E-state index contributed by atoms with van der Waals surface area (Å²) in [6.45, 7) is -0.165. The van der Waals surface area contributed by atoms with E-state index in [0.717, 1.165) is 12.1 Å². The number of anilines is 1. The molecule has 68 valence electrons. The van der Waals surface area contributed by atoms with Gasteiger partial charge >= 0.3 is 0 Å². The van der Waals surface area contributed by atoms with Gasteiger partial charge in [-0.1, -0.05) is 0 Å². The van der Waals surface area contributed by atoms with Crippen molar-refractivity contribution in [1.29, 1.82) is 5.26 Å².